The molecule has 1 aliphatic carbocycles. The number of likely N-dealkylation sites (tertiary alicyclic amines) is 1. The standard InChI is InChI=1S/C16H26N2O/c1-13-6-7-14(11-13)17-12-15(16-5-4-10-19-16)18-8-2-3-9-18/h4-5,10,13-15,17H,2-3,6-9,11-12H2,1H3. The van der Waals surface area contributed by atoms with Crippen molar-refractivity contribution >= 4 is 0 Å². The van der Waals surface area contributed by atoms with Gasteiger partial charge in [-0.1, -0.05) is 6.92 Å². The lowest BCUT2D eigenvalue weighted by molar-refractivity contribution is 0.204. The van der Waals surface area contributed by atoms with Crippen LogP contribution in [0.3, 0.4) is 0 Å². The summed E-state index contributed by atoms with van der Waals surface area (Å²) in [6, 6.07) is 5.28. The molecule has 1 saturated carbocycles. The maximum Gasteiger partial charge on any atom is 0.122 e. The molecule has 1 saturated heterocycles. The molecule has 3 atom stereocenters. The van der Waals surface area contributed by atoms with Crippen LogP contribution in [0.1, 0.15) is 50.8 Å². The first kappa shape index (κ1) is 13.2. The van der Waals surface area contributed by atoms with Crippen molar-refractivity contribution in [2.24, 2.45) is 5.92 Å². The Bertz CT molecular complexity index is 370. The van der Waals surface area contributed by atoms with E-state index >= 15 is 0 Å². The number of nitrogens with one attached hydrogen (secondary N) is 1. The minimum Gasteiger partial charge on any atom is -0.468 e. The lowest BCUT2D eigenvalue weighted by Crippen LogP contribution is -2.37. The molecule has 1 aromatic heterocycles. The Kier molecular flexibility index (Phi) is 4.24. The fourth-order valence-corrected chi connectivity index (χ4v) is 3.61. The zero-order valence-electron chi connectivity index (χ0n) is 12.0. The average molecular weight is 262 g/mol. The molecule has 3 rings (SSSR count). The van der Waals surface area contributed by atoms with Crippen molar-refractivity contribution < 1.29 is 4.42 Å². The summed E-state index contributed by atoms with van der Waals surface area (Å²) < 4.78 is 5.66. The molecule has 0 radical (unpaired) electrons. The third-order valence-electron chi connectivity index (χ3n) is 4.75. The second-order valence-corrected chi connectivity index (χ2v) is 6.30. The van der Waals surface area contributed by atoms with E-state index in [1.54, 1.807) is 6.26 Å². The summed E-state index contributed by atoms with van der Waals surface area (Å²) in [6.07, 6.45) is 8.52. The summed E-state index contributed by atoms with van der Waals surface area (Å²) >= 11 is 0. The summed E-state index contributed by atoms with van der Waals surface area (Å²) in [5, 5.41) is 3.78. The Labute approximate surface area is 116 Å². The van der Waals surface area contributed by atoms with Gasteiger partial charge in [0.15, 0.2) is 0 Å². The average Bonchev–Trinajstić information content (AvgIpc) is 3.11. The summed E-state index contributed by atoms with van der Waals surface area (Å²) in [6.45, 7) is 5.83. The molecule has 0 spiro atoms. The van der Waals surface area contributed by atoms with Crippen molar-refractivity contribution in [2.45, 2.75) is 51.1 Å². The van der Waals surface area contributed by atoms with Gasteiger partial charge < -0.3 is 9.73 Å². The van der Waals surface area contributed by atoms with E-state index in [0.717, 1.165) is 24.3 Å². The molecule has 1 aliphatic heterocycles. The predicted octanol–water partition coefficient (Wildman–Crippen LogP) is 3.19. The number of nitrogens with zero attached hydrogens (tertiary/aromatic N) is 1. The molecule has 2 heterocycles. The van der Waals surface area contributed by atoms with Gasteiger partial charge in [-0.25, -0.2) is 0 Å². The molecule has 0 aromatic carbocycles. The molecule has 1 N–H and O–H groups in total. The molecule has 1 aromatic rings. The summed E-state index contributed by atoms with van der Waals surface area (Å²) in [4.78, 5) is 2.57. The van der Waals surface area contributed by atoms with E-state index < -0.39 is 0 Å². The van der Waals surface area contributed by atoms with Crippen LogP contribution in [0.2, 0.25) is 0 Å². The van der Waals surface area contributed by atoms with Gasteiger partial charge in [-0.05, 0) is 63.2 Å². The number of hydrogen-bond acceptors (Lipinski definition) is 3. The van der Waals surface area contributed by atoms with E-state index in [-0.39, 0.29) is 0 Å². The third-order valence-corrected chi connectivity index (χ3v) is 4.75. The van der Waals surface area contributed by atoms with Gasteiger partial charge in [0.05, 0.1) is 12.3 Å². The van der Waals surface area contributed by atoms with Gasteiger partial charge in [0, 0.05) is 12.6 Å². The van der Waals surface area contributed by atoms with Crippen molar-refractivity contribution in [1.82, 2.24) is 10.2 Å². The number of rotatable bonds is 5. The second-order valence-electron chi connectivity index (χ2n) is 6.30. The largest absolute Gasteiger partial charge is 0.468 e. The normalized spacial score (nSPS) is 29.9. The van der Waals surface area contributed by atoms with Gasteiger partial charge >= 0.3 is 0 Å². The Morgan fingerprint density at radius 3 is 2.84 bits per heavy atom. The van der Waals surface area contributed by atoms with Crippen LogP contribution in [-0.2, 0) is 0 Å². The minimum absolute atomic E-state index is 0.424. The van der Waals surface area contributed by atoms with E-state index in [1.165, 1.54) is 45.2 Å². The Morgan fingerprint density at radius 1 is 1.37 bits per heavy atom. The highest BCUT2D eigenvalue weighted by Crippen LogP contribution is 2.28. The highest BCUT2D eigenvalue weighted by atomic mass is 16.3. The molecule has 106 valence electrons. The first-order valence-corrected chi connectivity index (χ1v) is 7.84. The maximum atomic E-state index is 5.66. The number of hydrogen-bond donors (Lipinski definition) is 1. The van der Waals surface area contributed by atoms with Gasteiger partial charge in [-0.3, -0.25) is 4.90 Å². The van der Waals surface area contributed by atoms with Crippen molar-refractivity contribution in [2.75, 3.05) is 19.6 Å². The van der Waals surface area contributed by atoms with E-state index in [2.05, 4.69) is 23.2 Å². The van der Waals surface area contributed by atoms with E-state index in [1.807, 2.05) is 6.07 Å². The third kappa shape index (κ3) is 3.21. The van der Waals surface area contributed by atoms with Crippen LogP contribution in [0, 0.1) is 5.92 Å². The molecule has 3 unspecified atom stereocenters. The van der Waals surface area contributed by atoms with Crippen molar-refractivity contribution in [1.29, 1.82) is 0 Å². The lowest BCUT2D eigenvalue weighted by atomic mass is 10.1. The van der Waals surface area contributed by atoms with Crippen LogP contribution in [0.4, 0.5) is 0 Å². The summed E-state index contributed by atoms with van der Waals surface area (Å²) in [5.41, 5.74) is 0. The second kappa shape index (κ2) is 6.10. The van der Waals surface area contributed by atoms with Gasteiger partial charge in [-0.2, -0.15) is 0 Å². The Hall–Kier alpha value is -0.800. The highest BCUT2D eigenvalue weighted by molar-refractivity contribution is 5.06. The predicted molar refractivity (Wildman–Crippen MR) is 77.1 cm³/mol. The van der Waals surface area contributed by atoms with Crippen LogP contribution in [0.15, 0.2) is 22.8 Å². The quantitative estimate of drug-likeness (QED) is 0.883. The van der Waals surface area contributed by atoms with Crippen LogP contribution in [-0.4, -0.2) is 30.6 Å². The monoisotopic (exact) mass is 262 g/mol. The molecule has 2 aliphatic rings. The molecule has 19 heavy (non-hydrogen) atoms. The van der Waals surface area contributed by atoms with E-state index in [9.17, 15) is 0 Å². The topological polar surface area (TPSA) is 28.4 Å². The fraction of sp³-hybridized carbons (Fsp3) is 0.750. The summed E-state index contributed by atoms with van der Waals surface area (Å²) in [5.74, 6) is 2.02. The van der Waals surface area contributed by atoms with Crippen LogP contribution in [0.5, 0.6) is 0 Å². The molecule has 2 fully saturated rings. The van der Waals surface area contributed by atoms with Crippen molar-refractivity contribution in [3.63, 3.8) is 0 Å². The van der Waals surface area contributed by atoms with Gasteiger partial charge in [0.25, 0.3) is 0 Å². The Balaban J connectivity index is 1.59. The lowest BCUT2D eigenvalue weighted by Gasteiger charge is -2.27. The van der Waals surface area contributed by atoms with Gasteiger partial charge in [-0.15, -0.1) is 0 Å². The van der Waals surface area contributed by atoms with Gasteiger partial charge in [0.1, 0.15) is 5.76 Å². The fourth-order valence-electron chi connectivity index (χ4n) is 3.61. The van der Waals surface area contributed by atoms with Crippen LogP contribution >= 0.6 is 0 Å². The van der Waals surface area contributed by atoms with Crippen molar-refractivity contribution in [3.05, 3.63) is 24.2 Å². The molecular formula is C16H26N2O. The van der Waals surface area contributed by atoms with Crippen LogP contribution in [0.25, 0.3) is 0 Å². The molecule has 0 amide bonds. The highest BCUT2D eigenvalue weighted by Gasteiger charge is 2.27. The van der Waals surface area contributed by atoms with E-state index in [0.29, 0.717) is 6.04 Å². The van der Waals surface area contributed by atoms with Gasteiger partial charge in [0.2, 0.25) is 0 Å². The molecule has 3 heteroatoms. The first-order chi connectivity index (χ1) is 9.33. The molecular weight excluding hydrogens is 236 g/mol. The first-order valence-electron chi connectivity index (χ1n) is 7.84. The minimum atomic E-state index is 0.424. The van der Waals surface area contributed by atoms with Crippen LogP contribution < -0.4 is 5.32 Å². The maximum absolute atomic E-state index is 5.66. The zero-order valence-corrected chi connectivity index (χ0v) is 12.0. The number of furan rings is 1. The smallest absolute Gasteiger partial charge is 0.122 e. The molecule has 0 bridgehead atoms. The Morgan fingerprint density at radius 2 is 2.21 bits per heavy atom. The van der Waals surface area contributed by atoms with Crippen molar-refractivity contribution in [3.8, 4) is 0 Å². The zero-order chi connectivity index (χ0) is 13.1. The molecule has 3 nitrogen and oxygen atoms in total. The summed E-state index contributed by atoms with van der Waals surface area (Å²) in [7, 11) is 0. The van der Waals surface area contributed by atoms with E-state index in [4.69, 9.17) is 4.42 Å². The SMILES string of the molecule is CC1CCC(NCC(c2ccco2)N2CCCC2)C1.